The van der Waals surface area contributed by atoms with Crippen molar-refractivity contribution >= 4 is 0 Å². The summed E-state index contributed by atoms with van der Waals surface area (Å²) in [5.41, 5.74) is 2.56. The first-order chi connectivity index (χ1) is 6.80. The minimum absolute atomic E-state index is 0.238. The lowest BCUT2D eigenvalue weighted by Crippen LogP contribution is -2.28. The van der Waals surface area contributed by atoms with Gasteiger partial charge in [0, 0.05) is 11.1 Å². The maximum Gasteiger partial charge on any atom is 0.0436 e. The molecule has 0 saturated heterocycles. The standard InChI is InChI=1S/C13H15N/c1-3-11-6-5-7-12(10-11)13(8-9-13)14-4-2/h1,5-7,10,14H,4,8-9H2,2H3. The molecule has 0 heterocycles. The van der Waals surface area contributed by atoms with Gasteiger partial charge in [0.2, 0.25) is 0 Å². The first kappa shape index (κ1) is 9.30. The van der Waals surface area contributed by atoms with E-state index in [2.05, 4.69) is 30.3 Å². The van der Waals surface area contributed by atoms with Crippen LogP contribution in [0.4, 0.5) is 0 Å². The van der Waals surface area contributed by atoms with Gasteiger partial charge in [0.15, 0.2) is 0 Å². The molecule has 1 N–H and O–H groups in total. The van der Waals surface area contributed by atoms with Crippen LogP contribution in [-0.4, -0.2) is 6.54 Å². The Balaban J connectivity index is 2.28. The third-order valence-corrected chi connectivity index (χ3v) is 2.85. The molecule has 1 heteroatoms. The Bertz CT molecular complexity index is 369. The molecule has 1 aliphatic rings. The molecule has 0 aromatic heterocycles. The zero-order valence-electron chi connectivity index (χ0n) is 8.51. The van der Waals surface area contributed by atoms with Gasteiger partial charge in [-0.15, -0.1) is 6.42 Å². The molecule has 1 fully saturated rings. The number of terminal acetylenes is 1. The highest BCUT2D eigenvalue weighted by atomic mass is 15.0. The van der Waals surface area contributed by atoms with E-state index < -0.39 is 0 Å². The second-order valence-electron chi connectivity index (χ2n) is 3.84. The minimum atomic E-state index is 0.238. The fourth-order valence-electron chi connectivity index (χ4n) is 1.94. The van der Waals surface area contributed by atoms with Crippen molar-refractivity contribution in [2.24, 2.45) is 0 Å². The smallest absolute Gasteiger partial charge is 0.0436 e. The molecule has 72 valence electrons. The van der Waals surface area contributed by atoms with Gasteiger partial charge >= 0.3 is 0 Å². The maximum atomic E-state index is 5.39. The minimum Gasteiger partial charge on any atom is -0.308 e. The fourth-order valence-corrected chi connectivity index (χ4v) is 1.94. The molecule has 1 aromatic carbocycles. The zero-order chi connectivity index (χ0) is 10.0. The molecule has 1 aromatic rings. The topological polar surface area (TPSA) is 12.0 Å². The molecule has 0 radical (unpaired) electrons. The van der Waals surface area contributed by atoms with E-state index in [1.807, 2.05) is 12.1 Å². The van der Waals surface area contributed by atoms with Crippen molar-refractivity contribution in [1.29, 1.82) is 0 Å². The SMILES string of the molecule is C#Cc1cccc(C2(NCC)CC2)c1. The largest absolute Gasteiger partial charge is 0.308 e. The third kappa shape index (κ3) is 1.54. The van der Waals surface area contributed by atoms with Crippen LogP contribution in [0.5, 0.6) is 0 Å². The van der Waals surface area contributed by atoms with E-state index >= 15 is 0 Å². The van der Waals surface area contributed by atoms with Gasteiger partial charge in [-0.3, -0.25) is 0 Å². The summed E-state index contributed by atoms with van der Waals surface area (Å²) < 4.78 is 0. The molecule has 0 atom stereocenters. The van der Waals surface area contributed by atoms with Crippen LogP contribution in [0.3, 0.4) is 0 Å². The van der Waals surface area contributed by atoms with E-state index in [9.17, 15) is 0 Å². The van der Waals surface area contributed by atoms with Gasteiger partial charge in [-0.2, -0.15) is 0 Å². The molecule has 1 aliphatic carbocycles. The van der Waals surface area contributed by atoms with E-state index in [0.717, 1.165) is 12.1 Å². The average Bonchev–Trinajstić information content (AvgIpc) is 3.00. The first-order valence-corrected chi connectivity index (χ1v) is 5.13. The van der Waals surface area contributed by atoms with E-state index in [4.69, 9.17) is 6.42 Å². The molecule has 0 aliphatic heterocycles. The fraction of sp³-hybridized carbons (Fsp3) is 0.385. The molecular weight excluding hydrogens is 170 g/mol. The number of benzene rings is 1. The summed E-state index contributed by atoms with van der Waals surface area (Å²) in [6, 6.07) is 8.31. The van der Waals surface area contributed by atoms with Crippen LogP contribution < -0.4 is 5.32 Å². The lowest BCUT2D eigenvalue weighted by Gasteiger charge is -2.16. The Labute approximate surface area is 85.5 Å². The van der Waals surface area contributed by atoms with E-state index in [1.54, 1.807) is 0 Å². The van der Waals surface area contributed by atoms with Crippen LogP contribution in [0.1, 0.15) is 30.9 Å². The first-order valence-electron chi connectivity index (χ1n) is 5.13. The van der Waals surface area contributed by atoms with Gasteiger partial charge in [-0.1, -0.05) is 25.0 Å². The molecule has 0 amide bonds. The summed E-state index contributed by atoms with van der Waals surface area (Å²) in [4.78, 5) is 0. The highest BCUT2D eigenvalue weighted by molar-refractivity contribution is 5.40. The predicted molar refractivity (Wildman–Crippen MR) is 59.0 cm³/mol. The van der Waals surface area contributed by atoms with Gasteiger partial charge in [0.25, 0.3) is 0 Å². The normalized spacial score (nSPS) is 17.4. The Morgan fingerprint density at radius 3 is 2.86 bits per heavy atom. The lowest BCUT2D eigenvalue weighted by atomic mass is 10.0. The number of hydrogen-bond acceptors (Lipinski definition) is 1. The zero-order valence-corrected chi connectivity index (χ0v) is 8.51. The summed E-state index contributed by atoms with van der Waals surface area (Å²) in [5, 5.41) is 3.53. The maximum absolute atomic E-state index is 5.39. The molecule has 1 saturated carbocycles. The van der Waals surface area contributed by atoms with E-state index in [1.165, 1.54) is 18.4 Å². The second kappa shape index (κ2) is 3.48. The summed E-state index contributed by atoms with van der Waals surface area (Å²) in [6.07, 6.45) is 7.85. The Morgan fingerprint density at radius 1 is 1.50 bits per heavy atom. The van der Waals surface area contributed by atoms with Crippen molar-refractivity contribution in [2.75, 3.05) is 6.54 Å². The van der Waals surface area contributed by atoms with Gasteiger partial charge in [-0.05, 0) is 37.1 Å². The summed E-state index contributed by atoms with van der Waals surface area (Å²) >= 11 is 0. The van der Waals surface area contributed by atoms with Crippen molar-refractivity contribution in [3.8, 4) is 12.3 Å². The summed E-state index contributed by atoms with van der Waals surface area (Å²) in [6.45, 7) is 3.16. The highest BCUT2D eigenvalue weighted by Crippen LogP contribution is 2.45. The molecule has 2 rings (SSSR count). The molecule has 1 nitrogen and oxygen atoms in total. The quantitative estimate of drug-likeness (QED) is 0.712. The van der Waals surface area contributed by atoms with Crippen LogP contribution in [0.15, 0.2) is 24.3 Å². The molecular formula is C13H15N. The van der Waals surface area contributed by atoms with Crippen LogP contribution >= 0.6 is 0 Å². The Morgan fingerprint density at radius 2 is 2.29 bits per heavy atom. The van der Waals surface area contributed by atoms with Crippen molar-refractivity contribution in [1.82, 2.24) is 5.32 Å². The number of rotatable bonds is 3. The lowest BCUT2D eigenvalue weighted by molar-refractivity contribution is 0.539. The molecule has 0 unspecified atom stereocenters. The van der Waals surface area contributed by atoms with Crippen LogP contribution in [0.2, 0.25) is 0 Å². The summed E-state index contributed by atoms with van der Waals surface area (Å²) in [5.74, 6) is 2.68. The monoisotopic (exact) mass is 185 g/mol. The van der Waals surface area contributed by atoms with E-state index in [0.29, 0.717) is 0 Å². The van der Waals surface area contributed by atoms with Crippen molar-refractivity contribution < 1.29 is 0 Å². The van der Waals surface area contributed by atoms with Gasteiger partial charge in [0.05, 0.1) is 0 Å². The van der Waals surface area contributed by atoms with Gasteiger partial charge in [0.1, 0.15) is 0 Å². The Kier molecular flexibility index (Phi) is 2.31. The van der Waals surface area contributed by atoms with E-state index in [-0.39, 0.29) is 5.54 Å². The molecule has 14 heavy (non-hydrogen) atoms. The van der Waals surface area contributed by atoms with Crippen molar-refractivity contribution in [3.05, 3.63) is 35.4 Å². The van der Waals surface area contributed by atoms with Gasteiger partial charge < -0.3 is 5.32 Å². The molecule has 0 spiro atoms. The highest BCUT2D eigenvalue weighted by Gasteiger charge is 2.43. The average molecular weight is 185 g/mol. The van der Waals surface area contributed by atoms with Crippen molar-refractivity contribution in [3.63, 3.8) is 0 Å². The van der Waals surface area contributed by atoms with Crippen LogP contribution in [0, 0.1) is 12.3 Å². The van der Waals surface area contributed by atoms with Crippen LogP contribution in [0.25, 0.3) is 0 Å². The second-order valence-corrected chi connectivity index (χ2v) is 3.84. The van der Waals surface area contributed by atoms with Gasteiger partial charge in [-0.25, -0.2) is 0 Å². The summed E-state index contributed by atoms with van der Waals surface area (Å²) in [7, 11) is 0. The predicted octanol–water partition coefficient (Wildman–Crippen LogP) is 2.27. The number of hydrogen-bond donors (Lipinski definition) is 1. The third-order valence-electron chi connectivity index (χ3n) is 2.85. The van der Waals surface area contributed by atoms with Crippen LogP contribution in [-0.2, 0) is 5.54 Å². The Hall–Kier alpha value is -1.26. The van der Waals surface area contributed by atoms with Crippen molar-refractivity contribution in [2.45, 2.75) is 25.3 Å². The number of nitrogens with one attached hydrogen (secondary N) is 1. The molecule has 0 bridgehead atoms.